The van der Waals surface area contributed by atoms with Crippen molar-refractivity contribution in [3.8, 4) is 0 Å². The molecule has 24 heavy (non-hydrogen) atoms. The van der Waals surface area contributed by atoms with Crippen LogP contribution in [0.5, 0.6) is 0 Å². The van der Waals surface area contributed by atoms with Crippen molar-refractivity contribution in [3.63, 3.8) is 0 Å². The molecular formula is C18H26N4O2. The van der Waals surface area contributed by atoms with Crippen LogP contribution in [0, 0.1) is 6.92 Å². The number of carbonyl (C=O) groups is 1. The first-order chi connectivity index (χ1) is 11.4. The highest BCUT2D eigenvalue weighted by Crippen LogP contribution is 2.26. The van der Waals surface area contributed by atoms with Crippen LogP contribution in [-0.2, 0) is 11.8 Å². The fourth-order valence-corrected chi connectivity index (χ4v) is 3.25. The molecule has 1 fully saturated rings. The largest absolute Gasteiger partial charge is 0.375 e. The second kappa shape index (κ2) is 6.51. The van der Waals surface area contributed by atoms with Crippen LogP contribution in [0.2, 0.25) is 0 Å². The highest BCUT2D eigenvalue weighted by Gasteiger charge is 2.27. The van der Waals surface area contributed by atoms with Crippen molar-refractivity contribution >= 4 is 16.9 Å². The summed E-state index contributed by atoms with van der Waals surface area (Å²) in [6.07, 6.45) is 1.04. The van der Waals surface area contributed by atoms with E-state index >= 15 is 0 Å². The van der Waals surface area contributed by atoms with E-state index in [2.05, 4.69) is 25.9 Å². The number of ether oxygens (including phenoxy) is 1. The quantitative estimate of drug-likeness (QED) is 0.868. The number of aromatic nitrogens is 3. The number of fused-ring (bicyclic) bond motifs is 1. The first-order valence-electron chi connectivity index (χ1n) is 8.67. The van der Waals surface area contributed by atoms with Crippen LogP contribution < -0.4 is 0 Å². The Hall–Kier alpha value is -1.95. The zero-order valence-corrected chi connectivity index (χ0v) is 15.2. The summed E-state index contributed by atoms with van der Waals surface area (Å²) in [4.78, 5) is 19.8. The minimum absolute atomic E-state index is 0.0575. The number of nitrogens with zero attached hydrogens (tertiary/aromatic N) is 4. The third-order valence-electron chi connectivity index (χ3n) is 4.69. The fourth-order valence-electron chi connectivity index (χ4n) is 3.25. The van der Waals surface area contributed by atoms with E-state index in [1.54, 1.807) is 4.68 Å². The lowest BCUT2D eigenvalue weighted by Gasteiger charge is -2.32. The average Bonchev–Trinajstić information content (AvgIpc) is 2.88. The monoisotopic (exact) mass is 330 g/mol. The number of rotatable bonds is 3. The molecule has 6 heteroatoms. The van der Waals surface area contributed by atoms with E-state index < -0.39 is 0 Å². The van der Waals surface area contributed by atoms with Gasteiger partial charge in [-0.2, -0.15) is 5.10 Å². The molecule has 2 aromatic rings. The summed E-state index contributed by atoms with van der Waals surface area (Å²) in [5, 5.41) is 5.34. The maximum Gasteiger partial charge on any atom is 0.254 e. The Morgan fingerprint density at radius 3 is 2.88 bits per heavy atom. The summed E-state index contributed by atoms with van der Waals surface area (Å²) in [5.74, 6) is 0.311. The lowest BCUT2D eigenvalue weighted by atomic mass is 10.0. The van der Waals surface area contributed by atoms with E-state index in [0.29, 0.717) is 25.3 Å². The predicted molar refractivity (Wildman–Crippen MR) is 93.3 cm³/mol. The fraction of sp³-hybridized carbons (Fsp3) is 0.611. The van der Waals surface area contributed by atoms with Gasteiger partial charge in [-0.3, -0.25) is 9.48 Å². The highest BCUT2D eigenvalue weighted by atomic mass is 16.5. The van der Waals surface area contributed by atoms with Gasteiger partial charge < -0.3 is 9.64 Å². The first-order valence-corrected chi connectivity index (χ1v) is 8.67. The summed E-state index contributed by atoms with van der Waals surface area (Å²) in [6, 6.07) is 1.94. The van der Waals surface area contributed by atoms with Crippen molar-refractivity contribution in [3.05, 3.63) is 23.0 Å². The van der Waals surface area contributed by atoms with E-state index in [0.717, 1.165) is 28.8 Å². The first kappa shape index (κ1) is 16.9. The van der Waals surface area contributed by atoms with Gasteiger partial charge in [0.2, 0.25) is 0 Å². The smallest absolute Gasteiger partial charge is 0.254 e. The van der Waals surface area contributed by atoms with Crippen molar-refractivity contribution < 1.29 is 9.53 Å². The Bertz CT molecular complexity index is 766. The molecule has 1 aliphatic heterocycles. The molecule has 6 nitrogen and oxygen atoms in total. The summed E-state index contributed by atoms with van der Waals surface area (Å²) in [6.45, 7) is 10.1. The van der Waals surface area contributed by atoms with Crippen molar-refractivity contribution in [1.29, 1.82) is 0 Å². The molecule has 1 saturated heterocycles. The molecule has 0 bridgehead atoms. The number of amides is 1. The molecule has 0 aromatic carbocycles. The van der Waals surface area contributed by atoms with Gasteiger partial charge in [-0.05, 0) is 25.3 Å². The van der Waals surface area contributed by atoms with Gasteiger partial charge in [0.05, 0.1) is 29.4 Å². The van der Waals surface area contributed by atoms with E-state index in [1.165, 1.54) is 0 Å². The summed E-state index contributed by atoms with van der Waals surface area (Å²) in [7, 11) is 1.88. The third-order valence-corrected chi connectivity index (χ3v) is 4.69. The van der Waals surface area contributed by atoms with Gasteiger partial charge in [0.15, 0.2) is 5.65 Å². The topological polar surface area (TPSA) is 60.2 Å². The van der Waals surface area contributed by atoms with Gasteiger partial charge in [-0.15, -0.1) is 0 Å². The zero-order chi connectivity index (χ0) is 17.4. The van der Waals surface area contributed by atoms with E-state index in [-0.39, 0.29) is 17.9 Å². The summed E-state index contributed by atoms with van der Waals surface area (Å²) >= 11 is 0. The van der Waals surface area contributed by atoms with Crippen molar-refractivity contribution in [2.24, 2.45) is 7.05 Å². The van der Waals surface area contributed by atoms with Gasteiger partial charge in [0.1, 0.15) is 0 Å². The summed E-state index contributed by atoms with van der Waals surface area (Å²) in [5.41, 5.74) is 3.27. The zero-order valence-electron chi connectivity index (χ0n) is 15.2. The Labute approximate surface area is 142 Å². The standard InChI is InChI=1S/C18H26N4O2/c1-6-13-10-22(7-8-24-13)18(23)14-9-15(11(2)3)19-17-16(14)12(4)20-21(17)5/h9,11,13H,6-8,10H2,1-5H3/t13-/m1/s1. The van der Waals surface area contributed by atoms with Crippen molar-refractivity contribution in [2.45, 2.75) is 46.1 Å². The highest BCUT2D eigenvalue weighted by molar-refractivity contribution is 6.06. The van der Waals surface area contributed by atoms with Crippen LogP contribution in [0.4, 0.5) is 0 Å². The molecule has 3 heterocycles. The molecule has 0 unspecified atom stereocenters. The van der Waals surface area contributed by atoms with Gasteiger partial charge in [-0.25, -0.2) is 4.98 Å². The molecule has 3 rings (SSSR count). The van der Waals surface area contributed by atoms with Gasteiger partial charge in [0.25, 0.3) is 5.91 Å². The van der Waals surface area contributed by atoms with Gasteiger partial charge in [0, 0.05) is 25.8 Å². The van der Waals surface area contributed by atoms with Gasteiger partial charge >= 0.3 is 0 Å². The van der Waals surface area contributed by atoms with Crippen LogP contribution in [0.15, 0.2) is 6.07 Å². The Morgan fingerprint density at radius 1 is 1.46 bits per heavy atom. The van der Waals surface area contributed by atoms with Crippen LogP contribution in [0.3, 0.4) is 0 Å². The molecule has 1 aliphatic rings. The Morgan fingerprint density at radius 2 is 2.21 bits per heavy atom. The molecule has 130 valence electrons. The average molecular weight is 330 g/mol. The molecule has 1 amide bonds. The number of hydrogen-bond donors (Lipinski definition) is 0. The lowest BCUT2D eigenvalue weighted by molar-refractivity contribution is -0.0225. The van der Waals surface area contributed by atoms with Gasteiger partial charge in [-0.1, -0.05) is 20.8 Å². The molecule has 0 aliphatic carbocycles. The molecule has 1 atom stereocenters. The predicted octanol–water partition coefficient (Wildman–Crippen LogP) is 2.65. The molecule has 2 aromatic heterocycles. The number of aryl methyl sites for hydroxylation is 2. The minimum atomic E-state index is 0.0575. The third kappa shape index (κ3) is 2.90. The van der Waals surface area contributed by atoms with E-state index in [9.17, 15) is 4.79 Å². The lowest BCUT2D eigenvalue weighted by Crippen LogP contribution is -2.45. The molecule has 0 radical (unpaired) electrons. The van der Waals surface area contributed by atoms with E-state index in [1.807, 2.05) is 24.9 Å². The van der Waals surface area contributed by atoms with Crippen LogP contribution in [0.1, 0.15) is 54.9 Å². The number of hydrogen-bond acceptors (Lipinski definition) is 4. The number of carbonyl (C=O) groups excluding carboxylic acids is 1. The normalized spacial score (nSPS) is 18.6. The Balaban J connectivity index is 2.08. The SMILES string of the molecule is CC[C@@H]1CN(C(=O)c2cc(C(C)C)nc3c2c(C)nn3C)CCO1. The van der Waals surface area contributed by atoms with Crippen LogP contribution >= 0.6 is 0 Å². The molecule has 0 spiro atoms. The second-order valence-electron chi connectivity index (χ2n) is 6.81. The van der Waals surface area contributed by atoms with Crippen LogP contribution in [0.25, 0.3) is 11.0 Å². The van der Waals surface area contributed by atoms with Crippen molar-refractivity contribution in [2.75, 3.05) is 19.7 Å². The van der Waals surface area contributed by atoms with Crippen LogP contribution in [-0.4, -0.2) is 51.4 Å². The molecule has 0 N–H and O–H groups in total. The maximum atomic E-state index is 13.2. The number of pyridine rings is 1. The molecule has 0 saturated carbocycles. The van der Waals surface area contributed by atoms with Crippen molar-refractivity contribution in [1.82, 2.24) is 19.7 Å². The number of morpholine rings is 1. The molecular weight excluding hydrogens is 304 g/mol. The summed E-state index contributed by atoms with van der Waals surface area (Å²) < 4.78 is 7.46. The second-order valence-corrected chi connectivity index (χ2v) is 6.81. The Kier molecular flexibility index (Phi) is 4.58. The minimum Gasteiger partial charge on any atom is -0.375 e. The maximum absolute atomic E-state index is 13.2. The van der Waals surface area contributed by atoms with E-state index in [4.69, 9.17) is 9.72 Å².